The maximum Gasteiger partial charge on any atom is 0.323 e. The lowest BCUT2D eigenvalue weighted by atomic mass is 9.52. The van der Waals surface area contributed by atoms with Crippen LogP contribution < -0.4 is 26.0 Å². The molecule has 5 rings (SSSR count). The standard InChI is InChI=1S/C31H35N5O9/c1-35(2)19-12-18(34-30(43)33-14-6-8-15(45-5)9-7-14)24(37)21-16(19)10-13-11-17-23(36(3)4)26(39)22(29(32)42)28(41)31(17,44)27(40)20(13)25(21)38/h6-9,12-13,17,20,22-23,37,44H,10-11H2,1-5H3,(H2,32,42)(H2,33,34,43)/t13-,17-,20?,22?,23-,31-/m1/s1. The Morgan fingerprint density at radius 3 is 2.22 bits per heavy atom. The van der Waals surface area contributed by atoms with Gasteiger partial charge < -0.3 is 36.2 Å². The van der Waals surface area contributed by atoms with Crippen molar-refractivity contribution in [2.75, 3.05) is 50.8 Å². The van der Waals surface area contributed by atoms with Crippen LogP contribution in [0.1, 0.15) is 22.3 Å². The summed E-state index contributed by atoms with van der Waals surface area (Å²) in [7, 11) is 7.97. The number of aromatic hydroxyl groups is 1. The molecule has 6 N–H and O–H groups in total. The molecule has 0 saturated heterocycles. The normalized spacial score (nSPS) is 27.3. The van der Waals surface area contributed by atoms with Crippen LogP contribution in [0.15, 0.2) is 30.3 Å². The Hall–Kier alpha value is -4.82. The number of aliphatic hydroxyl groups is 1. The fourth-order valence-electron chi connectivity index (χ4n) is 7.11. The van der Waals surface area contributed by atoms with E-state index in [4.69, 9.17) is 10.5 Å². The van der Waals surface area contributed by atoms with Crippen LogP contribution in [0.2, 0.25) is 0 Å². The van der Waals surface area contributed by atoms with Crippen molar-refractivity contribution in [3.05, 3.63) is 41.5 Å². The van der Waals surface area contributed by atoms with Crippen molar-refractivity contribution in [1.29, 1.82) is 0 Å². The van der Waals surface area contributed by atoms with Gasteiger partial charge in [-0.1, -0.05) is 0 Å². The van der Waals surface area contributed by atoms with Gasteiger partial charge in [-0.2, -0.15) is 0 Å². The third kappa shape index (κ3) is 4.90. The number of urea groups is 1. The number of carbonyl (C=O) groups excluding carboxylic acids is 6. The van der Waals surface area contributed by atoms with E-state index in [9.17, 15) is 39.0 Å². The third-order valence-corrected chi connectivity index (χ3v) is 9.12. The van der Waals surface area contributed by atoms with Crippen LogP contribution in [0.5, 0.6) is 11.5 Å². The summed E-state index contributed by atoms with van der Waals surface area (Å²) in [4.78, 5) is 83.1. The summed E-state index contributed by atoms with van der Waals surface area (Å²) in [6, 6.07) is 6.09. The fourth-order valence-corrected chi connectivity index (χ4v) is 7.11. The molecule has 0 spiro atoms. The van der Waals surface area contributed by atoms with Gasteiger partial charge in [0.15, 0.2) is 34.7 Å². The number of rotatable bonds is 6. The highest BCUT2D eigenvalue weighted by molar-refractivity contribution is 6.32. The topological polar surface area (TPSA) is 209 Å². The van der Waals surface area contributed by atoms with Gasteiger partial charge >= 0.3 is 6.03 Å². The predicted molar refractivity (Wildman–Crippen MR) is 161 cm³/mol. The van der Waals surface area contributed by atoms with Gasteiger partial charge in [0.1, 0.15) is 11.5 Å². The monoisotopic (exact) mass is 621 g/mol. The number of hydrogen-bond donors (Lipinski definition) is 5. The number of fused-ring (bicyclic) bond motifs is 3. The van der Waals surface area contributed by atoms with Crippen molar-refractivity contribution in [1.82, 2.24) is 4.90 Å². The number of anilines is 3. The van der Waals surface area contributed by atoms with Gasteiger partial charge in [-0.05, 0) is 68.8 Å². The summed E-state index contributed by atoms with van der Waals surface area (Å²) in [5.74, 6) is -11.0. The summed E-state index contributed by atoms with van der Waals surface area (Å²) >= 11 is 0. The maximum absolute atomic E-state index is 14.1. The van der Waals surface area contributed by atoms with Crippen molar-refractivity contribution < 1.29 is 43.7 Å². The number of likely N-dealkylation sites (N-methyl/N-ethyl adjacent to an activating group) is 1. The number of ketones is 4. The molecule has 3 aliphatic carbocycles. The summed E-state index contributed by atoms with van der Waals surface area (Å²) in [5, 5.41) is 28.3. The molecule has 3 amide bonds. The van der Waals surface area contributed by atoms with Crippen molar-refractivity contribution >= 4 is 52.1 Å². The molecule has 3 aliphatic rings. The van der Waals surface area contributed by atoms with Crippen molar-refractivity contribution in [2.24, 2.45) is 29.4 Å². The number of primary amides is 1. The first-order valence-corrected chi connectivity index (χ1v) is 14.3. The minimum atomic E-state index is -2.83. The Labute approximate surface area is 258 Å². The summed E-state index contributed by atoms with van der Waals surface area (Å²) in [6.45, 7) is 0. The molecule has 14 heteroatoms. The molecule has 0 radical (unpaired) electrons. The SMILES string of the molecule is COc1ccc(NC(=O)Nc2cc(N(C)C)c3c(c2O)C(=O)C2C(=O)[C@@]4(O)C(=O)C(C(N)=O)C(=O)[C@H](N(C)C)[C@H]4C[C@H]2C3)cc1. The number of carbonyl (C=O) groups is 6. The molecule has 0 aromatic heterocycles. The van der Waals surface area contributed by atoms with E-state index in [1.165, 1.54) is 32.2 Å². The molecule has 2 saturated carbocycles. The molecule has 2 aromatic carbocycles. The van der Waals surface area contributed by atoms with Crippen LogP contribution in [-0.2, 0) is 25.6 Å². The van der Waals surface area contributed by atoms with E-state index in [1.807, 2.05) is 0 Å². The Morgan fingerprint density at radius 2 is 1.67 bits per heavy atom. The zero-order chi connectivity index (χ0) is 33.1. The predicted octanol–water partition coefficient (Wildman–Crippen LogP) is 0.586. The quantitative estimate of drug-likeness (QED) is 0.223. The molecule has 238 valence electrons. The Morgan fingerprint density at radius 1 is 1.02 bits per heavy atom. The number of nitrogens with one attached hydrogen (secondary N) is 2. The third-order valence-electron chi connectivity index (χ3n) is 9.12. The molecule has 0 heterocycles. The maximum atomic E-state index is 14.1. The first-order valence-electron chi connectivity index (χ1n) is 14.3. The van der Waals surface area contributed by atoms with Crippen LogP contribution in [0.25, 0.3) is 0 Å². The number of nitrogens with two attached hydrogens (primary N) is 1. The van der Waals surface area contributed by atoms with Crippen molar-refractivity contribution in [3.8, 4) is 11.5 Å². The second-order valence-corrected chi connectivity index (χ2v) is 12.1. The number of amides is 3. The molecule has 0 aliphatic heterocycles. The molecule has 45 heavy (non-hydrogen) atoms. The van der Waals surface area contributed by atoms with E-state index >= 15 is 0 Å². The summed E-state index contributed by atoms with van der Waals surface area (Å²) in [6.07, 6.45) is 0.0209. The van der Waals surface area contributed by atoms with E-state index in [-0.39, 0.29) is 24.1 Å². The zero-order valence-corrected chi connectivity index (χ0v) is 25.4. The average molecular weight is 622 g/mol. The number of phenols is 1. The Kier molecular flexibility index (Phi) is 7.92. The second-order valence-electron chi connectivity index (χ2n) is 12.1. The van der Waals surface area contributed by atoms with Crippen LogP contribution in [0, 0.1) is 23.7 Å². The number of ether oxygens (including phenoxy) is 1. The highest BCUT2D eigenvalue weighted by atomic mass is 16.5. The minimum absolute atomic E-state index is 0.0677. The average Bonchev–Trinajstić information content (AvgIpc) is 2.96. The summed E-state index contributed by atoms with van der Waals surface area (Å²) < 4.78 is 5.11. The number of phenolic OH excluding ortho intramolecular Hbond substituents is 1. The molecule has 14 nitrogen and oxygen atoms in total. The van der Waals surface area contributed by atoms with E-state index < -0.39 is 76.1 Å². The Bertz CT molecular complexity index is 1640. The van der Waals surface area contributed by atoms with E-state index in [0.29, 0.717) is 22.7 Å². The van der Waals surface area contributed by atoms with Crippen LogP contribution in [0.3, 0.4) is 0 Å². The second kappa shape index (κ2) is 11.3. The van der Waals surface area contributed by atoms with Crippen molar-refractivity contribution in [3.63, 3.8) is 0 Å². The molecule has 0 bridgehead atoms. The number of nitrogens with zero attached hydrogens (tertiary/aromatic N) is 2. The van der Waals surface area contributed by atoms with E-state index in [1.54, 1.807) is 43.3 Å². The molecular weight excluding hydrogens is 586 g/mol. The minimum Gasteiger partial charge on any atom is -0.505 e. The van der Waals surface area contributed by atoms with Crippen LogP contribution in [-0.4, -0.2) is 97.1 Å². The molecular formula is C31H35N5O9. The van der Waals surface area contributed by atoms with Gasteiger partial charge in [0, 0.05) is 31.4 Å². The van der Waals surface area contributed by atoms with Gasteiger partial charge in [-0.3, -0.25) is 28.9 Å². The van der Waals surface area contributed by atoms with Gasteiger partial charge in [-0.15, -0.1) is 0 Å². The largest absolute Gasteiger partial charge is 0.505 e. The van der Waals surface area contributed by atoms with Gasteiger partial charge in [0.05, 0.1) is 30.3 Å². The first-order chi connectivity index (χ1) is 21.1. The summed E-state index contributed by atoms with van der Waals surface area (Å²) in [5.41, 5.74) is 3.52. The number of hydrogen-bond acceptors (Lipinski definition) is 11. The van der Waals surface area contributed by atoms with Crippen molar-refractivity contribution in [2.45, 2.75) is 24.5 Å². The molecule has 2 fully saturated rings. The molecule has 2 unspecified atom stereocenters. The van der Waals surface area contributed by atoms with Crippen LogP contribution in [0.4, 0.5) is 21.9 Å². The number of Topliss-reactive ketones (excluding diaryl/α,β-unsaturated/α-hetero) is 4. The number of methoxy groups -OCH3 is 1. The van der Waals surface area contributed by atoms with E-state index in [2.05, 4.69) is 10.6 Å². The zero-order valence-electron chi connectivity index (χ0n) is 25.4. The van der Waals surface area contributed by atoms with Gasteiger partial charge in [-0.25, -0.2) is 4.79 Å². The fraction of sp³-hybridized carbons (Fsp3) is 0.419. The molecule has 2 aromatic rings. The smallest absolute Gasteiger partial charge is 0.323 e. The van der Waals surface area contributed by atoms with Crippen LogP contribution >= 0.6 is 0 Å². The lowest BCUT2D eigenvalue weighted by Crippen LogP contribution is -2.74. The van der Waals surface area contributed by atoms with Gasteiger partial charge in [0.25, 0.3) is 0 Å². The highest BCUT2D eigenvalue weighted by Crippen LogP contribution is 2.52. The highest BCUT2D eigenvalue weighted by Gasteiger charge is 2.69. The van der Waals surface area contributed by atoms with E-state index in [0.717, 1.165) is 0 Å². The van der Waals surface area contributed by atoms with Gasteiger partial charge in [0.2, 0.25) is 5.91 Å². The lowest BCUT2D eigenvalue weighted by Gasteiger charge is -2.52. The number of benzene rings is 2. The Balaban J connectivity index is 1.55. The molecule has 6 atom stereocenters. The first kappa shape index (κ1) is 31.6. The lowest BCUT2D eigenvalue weighted by molar-refractivity contribution is -0.181.